The third kappa shape index (κ3) is 3.54. The van der Waals surface area contributed by atoms with E-state index in [9.17, 15) is 4.79 Å². The van der Waals surface area contributed by atoms with Gasteiger partial charge < -0.3 is 20.9 Å². The lowest BCUT2D eigenvalue weighted by Gasteiger charge is -2.13. The van der Waals surface area contributed by atoms with Crippen molar-refractivity contribution in [3.8, 4) is 5.75 Å². The average molecular weight is 256 g/mol. The van der Waals surface area contributed by atoms with Crippen molar-refractivity contribution >= 4 is 23.4 Å². The summed E-state index contributed by atoms with van der Waals surface area (Å²) >= 11 is 1.39. The van der Waals surface area contributed by atoms with Crippen LogP contribution in [0.15, 0.2) is 23.1 Å². The molecule has 4 N–H and O–H groups in total. The van der Waals surface area contributed by atoms with E-state index in [1.54, 1.807) is 20.2 Å². The van der Waals surface area contributed by atoms with Crippen LogP contribution in [0.1, 0.15) is 0 Å². The van der Waals surface area contributed by atoms with Crippen LogP contribution in [-0.4, -0.2) is 37.0 Å². The van der Waals surface area contributed by atoms with Crippen molar-refractivity contribution in [3.05, 3.63) is 18.2 Å². The van der Waals surface area contributed by atoms with Crippen LogP contribution in [0.4, 0.5) is 5.69 Å². The lowest BCUT2D eigenvalue weighted by Crippen LogP contribution is -2.35. The summed E-state index contributed by atoms with van der Waals surface area (Å²) in [5, 5.41) is 11.6. The Morgan fingerprint density at radius 2 is 2.35 bits per heavy atom. The smallest absolute Gasteiger partial charge is 0.321 e. The first-order valence-electron chi connectivity index (χ1n) is 5.05. The fourth-order valence-corrected chi connectivity index (χ4v) is 2.37. The summed E-state index contributed by atoms with van der Waals surface area (Å²) in [7, 11) is 3.17. The number of hydrogen-bond acceptors (Lipinski definition) is 5. The molecule has 1 rings (SSSR count). The molecule has 0 heterocycles. The third-order valence-corrected chi connectivity index (χ3v) is 3.47. The molecule has 0 aliphatic carbocycles. The van der Waals surface area contributed by atoms with Crippen LogP contribution < -0.4 is 15.8 Å². The average Bonchev–Trinajstić information content (AvgIpc) is 2.31. The zero-order valence-corrected chi connectivity index (χ0v) is 10.6. The predicted octanol–water partition coefficient (Wildman–Crippen LogP) is 1.04. The number of para-hydroxylation sites is 1. The van der Waals surface area contributed by atoms with Crippen LogP contribution in [0.2, 0.25) is 0 Å². The molecule has 0 fully saturated rings. The van der Waals surface area contributed by atoms with Gasteiger partial charge in [-0.25, -0.2) is 0 Å². The van der Waals surface area contributed by atoms with E-state index in [1.165, 1.54) is 11.8 Å². The highest BCUT2D eigenvalue weighted by Gasteiger charge is 2.16. The predicted molar refractivity (Wildman–Crippen MR) is 68.6 cm³/mol. The highest BCUT2D eigenvalue weighted by Crippen LogP contribution is 2.32. The highest BCUT2D eigenvalue weighted by atomic mass is 32.2. The van der Waals surface area contributed by atoms with Crippen molar-refractivity contribution in [2.24, 2.45) is 0 Å². The molecule has 0 bridgehead atoms. The normalized spacial score (nSPS) is 12.1. The maximum absolute atomic E-state index is 10.8. The molecule has 0 spiro atoms. The van der Waals surface area contributed by atoms with E-state index in [1.807, 2.05) is 12.1 Å². The number of hydrogen-bond donors (Lipinski definition) is 3. The van der Waals surface area contributed by atoms with Gasteiger partial charge in [0.25, 0.3) is 0 Å². The molecule has 17 heavy (non-hydrogen) atoms. The molecular weight excluding hydrogens is 240 g/mol. The number of carboxylic acids is 1. The molecular formula is C11H16N2O3S. The van der Waals surface area contributed by atoms with Crippen LogP contribution in [0.3, 0.4) is 0 Å². The Hall–Kier alpha value is -1.40. The van der Waals surface area contributed by atoms with Crippen LogP contribution in [-0.2, 0) is 4.79 Å². The molecule has 5 nitrogen and oxygen atoms in total. The highest BCUT2D eigenvalue weighted by molar-refractivity contribution is 7.99. The Morgan fingerprint density at radius 1 is 1.65 bits per heavy atom. The molecule has 0 radical (unpaired) electrons. The van der Waals surface area contributed by atoms with E-state index in [4.69, 9.17) is 15.6 Å². The minimum absolute atomic E-state index is 0.406. The Balaban J connectivity index is 2.72. The van der Waals surface area contributed by atoms with E-state index in [-0.39, 0.29) is 0 Å². The van der Waals surface area contributed by atoms with Gasteiger partial charge in [-0.2, -0.15) is 0 Å². The van der Waals surface area contributed by atoms with Gasteiger partial charge >= 0.3 is 5.97 Å². The van der Waals surface area contributed by atoms with Crippen LogP contribution in [0.25, 0.3) is 0 Å². The number of methoxy groups -OCH3 is 1. The first-order chi connectivity index (χ1) is 8.10. The van der Waals surface area contributed by atoms with Crippen molar-refractivity contribution in [1.29, 1.82) is 0 Å². The number of nitrogen functional groups attached to an aromatic ring is 1. The maximum atomic E-state index is 10.8. The van der Waals surface area contributed by atoms with E-state index in [0.29, 0.717) is 17.2 Å². The minimum Gasteiger partial charge on any atom is -0.495 e. The van der Waals surface area contributed by atoms with Crippen molar-refractivity contribution in [1.82, 2.24) is 5.32 Å². The fourth-order valence-electron chi connectivity index (χ4n) is 1.28. The van der Waals surface area contributed by atoms with Gasteiger partial charge in [0.2, 0.25) is 0 Å². The van der Waals surface area contributed by atoms with Gasteiger partial charge in [-0.1, -0.05) is 6.07 Å². The van der Waals surface area contributed by atoms with E-state index in [0.717, 1.165) is 4.90 Å². The SMILES string of the molecule is CN[C@@H](CSc1cccc(OC)c1N)C(=O)O. The number of benzene rings is 1. The van der Waals surface area contributed by atoms with Gasteiger partial charge in [0, 0.05) is 10.6 Å². The number of carbonyl (C=O) groups is 1. The summed E-state index contributed by atoms with van der Waals surface area (Å²) in [4.78, 5) is 11.7. The first kappa shape index (κ1) is 13.7. The largest absolute Gasteiger partial charge is 0.495 e. The number of aliphatic carboxylic acids is 1. The number of rotatable bonds is 6. The van der Waals surface area contributed by atoms with Crippen molar-refractivity contribution in [2.75, 3.05) is 25.6 Å². The molecule has 1 atom stereocenters. The minimum atomic E-state index is -0.874. The summed E-state index contributed by atoms with van der Waals surface area (Å²) in [6, 6.07) is 4.85. The molecule has 0 saturated heterocycles. The summed E-state index contributed by atoms with van der Waals surface area (Å²) in [6.07, 6.45) is 0. The van der Waals surface area contributed by atoms with Crippen LogP contribution in [0, 0.1) is 0 Å². The number of nitrogens with one attached hydrogen (secondary N) is 1. The van der Waals surface area contributed by atoms with E-state index in [2.05, 4.69) is 5.32 Å². The fraction of sp³-hybridized carbons (Fsp3) is 0.364. The van der Waals surface area contributed by atoms with Crippen molar-refractivity contribution in [2.45, 2.75) is 10.9 Å². The van der Waals surface area contributed by atoms with E-state index >= 15 is 0 Å². The number of anilines is 1. The second-order valence-corrected chi connectivity index (χ2v) is 4.42. The van der Waals surface area contributed by atoms with Gasteiger partial charge in [-0.3, -0.25) is 4.79 Å². The molecule has 94 valence electrons. The monoisotopic (exact) mass is 256 g/mol. The first-order valence-corrected chi connectivity index (χ1v) is 6.04. The standard InChI is InChI=1S/C11H16N2O3S/c1-13-7(11(14)15)6-17-9-5-3-4-8(16-2)10(9)12/h3-5,7,13H,6,12H2,1-2H3,(H,14,15)/t7-/m0/s1. The van der Waals surface area contributed by atoms with Gasteiger partial charge in [-0.15, -0.1) is 11.8 Å². The van der Waals surface area contributed by atoms with Crippen LogP contribution >= 0.6 is 11.8 Å². The molecule has 0 unspecified atom stereocenters. The molecule has 6 heteroatoms. The zero-order valence-electron chi connectivity index (χ0n) is 9.77. The topological polar surface area (TPSA) is 84.6 Å². The molecule has 0 amide bonds. The number of likely N-dealkylation sites (N-methyl/N-ethyl adjacent to an activating group) is 1. The lowest BCUT2D eigenvalue weighted by molar-refractivity contribution is -0.138. The van der Waals surface area contributed by atoms with Crippen molar-refractivity contribution < 1.29 is 14.6 Å². The summed E-state index contributed by atoms with van der Waals surface area (Å²) < 4.78 is 5.10. The quantitative estimate of drug-likeness (QED) is 0.521. The summed E-state index contributed by atoms with van der Waals surface area (Å²) in [6.45, 7) is 0. The van der Waals surface area contributed by atoms with Crippen LogP contribution in [0.5, 0.6) is 5.75 Å². The molecule has 1 aromatic rings. The number of carboxylic acid groups (broad SMARTS) is 1. The number of nitrogens with two attached hydrogens (primary N) is 1. The van der Waals surface area contributed by atoms with Gasteiger partial charge in [-0.05, 0) is 19.2 Å². The Labute approximate surface area is 104 Å². The summed E-state index contributed by atoms with van der Waals surface area (Å²) in [5.41, 5.74) is 6.43. The van der Waals surface area contributed by atoms with E-state index < -0.39 is 12.0 Å². The molecule has 0 aliphatic rings. The van der Waals surface area contributed by atoms with Gasteiger partial charge in [0.15, 0.2) is 0 Å². The van der Waals surface area contributed by atoms with Crippen molar-refractivity contribution in [3.63, 3.8) is 0 Å². The number of ether oxygens (including phenoxy) is 1. The maximum Gasteiger partial charge on any atom is 0.321 e. The molecule has 0 saturated carbocycles. The second kappa shape index (κ2) is 6.36. The Bertz CT molecular complexity index is 398. The van der Waals surface area contributed by atoms with Gasteiger partial charge in [0.05, 0.1) is 12.8 Å². The molecule has 1 aromatic carbocycles. The summed E-state index contributed by atoms with van der Waals surface area (Å²) in [5.74, 6) is 0.135. The molecule has 0 aliphatic heterocycles. The Morgan fingerprint density at radius 3 is 2.88 bits per heavy atom. The molecule has 0 aromatic heterocycles. The Kier molecular flexibility index (Phi) is 5.11. The number of thioether (sulfide) groups is 1. The third-order valence-electron chi connectivity index (χ3n) is 2.30. The second-order valence-electron chi connectivity index (χ2n) is 3.36. The van der Waals surface area contributed by atoms with Gasteiger partial charge in [0.1, 0.15) is 11.8 Å². The zero-order chi connectivity index (χ0) is 12.8. The lowest BCUT2D eigenvalue weighted by atomic mass is 10.3.